The van der Waals surface area contributed by atoms with Crippen LogP contribution in [-0.2, 0) is 0 Å². The van der Waals surface area contributed by atoms with E-state index < -0.39 is 0 Å². The summed E-state index contributed by atoms with van der Waals surface area (Å²) in [5.41, 5.74) is 2.87. The summed E-state index contributed by atoms with van der Waals surface area (Å²) in [7, 11) is 5.27. The molecule has 2 aromatic rings. The Morgan fingerprint density at radius 2 is 1.59 bits per heavy atom. The fourth-order valence-electron chi connectivity index (χ4n) is 3.73. The van der Waals surface area contributed by atoms with Gasteiger partial charge in [0.1, 0.15) is 17.1 Å². The van der Waals surface area contributed by atoms with Gasteiger partial charge in [-0.3, -0.25) is 9.69 Å². The van der Waals surface area contributed by atoms with E-state index in [0.717, 1.165) is 26.2 Å². The Labute approximate surface area is 173 Å². The summed E-state index contributed by atoms with van der Waals surface area (Å²) in [6.07, 6.45) is 0. The van der Waals surface area contributed by atoms with Gasteiger partial charge in [-0.05, 0) is 31.7 Å². The van der Waals surface area contributed by atoms with Gasteiger partial charge in [-0.15, -0.1) is 0 Å². The fraction of sp³-hybridized carbons (Fsp3) is 0.435. The SMILES string of the molecule is COc1cccc(OC)c1C(=O)NCC(c1ccc(C)cc1)N1CCN(C)CC1. The fourth-order valence-corrected chi connectivity index (χ4v) is 3.73. The predicted octanol–water partition coefficient (Wildman–Crippen LogP) is 2.73. The molecule has 0 radical (unpaired) electrons. The van der Waals surface area contributed by atoms with Crippen molar-refractivity contribution in [1.82, 2.24) is 15.1 Å². The number of carbonyl (C=O) groups excluding carboxylic acids is 1. The monoisotopic (exact) mass is 397 g/mol. The second kappa shape index (κ2) is 9.76. The van der Waals surface area contributed by atoms with Crippen molar-refractivity contribution < 1.29 is 14.3 Å². The van der Waals surface area contributed by atoms with Crippen LogP contribution in [0.4, 0.5) is 0 Å². The summed E-state index contributed by atoms with van der Waals surface area (Å²) in [6, 6.07) is 14.1. The molecule has 2 aromatic carbocycles. The number of benzene rings is 2. The molecule has 1 aliphatic heterocycles. The average Bonchev–Trinajstić information content (AvgIpc) is 2.75. The molecule has 6 heteroatoms. The predicted molar refractivity (Wildman–Crippen MR) is 115 cm³/mol. The van der Waals surface area contributed by atoms with Crippen LogP contribution in [0.3, 0.4) is 0 Å². The molecule has 1 amide bonds. The summed E-state index contributed by atoms with van der Waals surface area (Å²) < 4.78 is 10.8. The molecule has 1 aliphatic rings. The molecule has 156 valence electrons. The third kappa shape index (κ3) is 5.08. The number of nitrogens with one attached hydrogen (secondary N) is 1. The topological polar surface area (TPSA) is 54.0 Å². The number of likely N-dealkylation sites (N-methyl/N-ethyl adjacent to an activating group) is 1. The zero-order chi connectivity index (χ0) is 20.8. The molecule has 1 unspecified atom stereocenters. The van der Waals surface area contributed by atoms with Crippen LogP contribution in [0.25, 0.3) is 0 Å². The minimum Gasteiger partial charge on any atom is -0.496 e. The number of aryl methyl sites for hydroxylation is 1. The molecular formula is C23H31N3O3. The maximum Gasteiger partial charge on any atom is 0.258 e. The number of ether oxygens (including phenoxy) is 2. The van der Waals surface area contributed by atoms with Crippen molar-refractivity contribution >= 4 is 5.91 Å². The van der Waals surface area contributed by atoms with Crippen molar-refractivity contribution in [3.05, 3.63) is 59.2 Å². The van der Waals surface area contributed by atoms with Crippen molar-refractivity contribution in [2.75, 3.05) is 54.0 Å². The van der Waals surface area contributed by atoms with Gasteiger partial charge in [-0.25, -0.2) is 0 Å². The molecule has 1 N–H and O–H groups in total. The number of methoxy groups -OCH3 is 2. The minimum absolute atomic E-state index is 0.119. The van der Waals surface area contributed by atoms with Gasteiger partial charge >= 0.3 is 0 Å². The van der Waals surface area contributed by atoms with E-state index in [1.54, 1.807) is 26.4 Å². The second-order valence-electron chi connectivity index (χ2n) is 7.51. The molecule has 0 spiro atoms. The third-order valence-electron chi connectivity index (χ3n) is 5.55. The first-order valence-corrected chi connectivity index (χ1v) is 10.0. The highest BCUT2D eigenvalue weighted by Crippen LogP contribution is 2.28. The van der Waals surface area contributed by atoms with Crippen LogP contribution >= 0.6 is 0 Å². The molecule has 0 saturated carbocycles. The molecule has 29 heavy (non-hydrogen) atoms. The maximum absolute atomic E-state index is 13.0. The van der Waals surface area contributed by atoms with Crippen LogP contribution in [-0.4, -0.2) is 69.7 Å². The Kier molecular flexibility index (Phi) is 7.12. The lowest BCUT2D eigenvalue weighted by Gasteiger charge is -2.38. The summed E-state index contributed by atoms with van der Waals surface area (Å²) in [5, 5.41) is 3.12. The zero-order valence-electron chi connectivity index (χ0n) is 17.8. The Hall–Kier alpha value is -2.57. The number of rotatable bonds is 7. The van der Waals surface area contributed by atoms with Crippen LogP contribution in [0, 0.1) is 6.92 Å². The van der Waals surface area contributed by atoms with Crippen molar-refractivity contribution in [2.24, 2.45) is 0 Å². The molecule has 1 fully saturated rings. The molecule has 3 rings (SSSR count). The smallest absolute Gasteiger partial charge is 0.258 e. The first-order valence-electron chi connectivity index (χ1n) is 10.0. The largest absolute Gasteiger partial charge is 0.496 e. The van der Waals surface area contributed by atoms with E-state index in [9.17, 15) is 4.79 Å². The van der Waals surface area contributed by atoms with Crippen molar-refractivity contribution in [1.29, 1.82) is 0 Å². The van der Waals surface area contributed by atoms with Gasteiger partial charge < -0.3 is 19.7 Å². The first-order chi connectivity index (χ1) is 14.0. The number of nitrogens with zero attached hydrogens (tertiary/aromatic N) is 2. The van der Waals surface area contributed by atoms with Gasteiger partial charge in [0.25, 0.3) is 5.91 Å². The highest BCUT2D eigenvalue weighted by Gasteiger charge is 2.26. The van der Waals surface area contributed by atoms with E-state index in [4.69, 9.17) is 9.47 Å². The van der Waals surface area contributed by atoms with Crippen molar-refractivity contribution in [3.63, 3.8) is 0 Å². The van der Waals surface area contributed by atoms with Crippen LogP contribution in [0.5, 0.6) is 11.5 Å². The van der Waals surface area contributed by atoms with Crippen LogP contribution in [0.15, 0.2) is 42.5 Å². The molecular weight excluding hydrogens is 366 g/mol. The number of hydrogen-bond acceptors (Lipinski definition) is 5. The zero-order valence-corrected chi connectivity index (χ0v) is 17.8. The van der Waals surface area contributed by atoms with E-state index in [1.165, 1.54) is 11.1 Å². The van der Waals surface area contributed by atoms with Gasteiger partial charge in [-0.2, -0.15) is 0 Å². The molecule has 0 aromatic heterocycles. The number of amides is 1. The Balaban J connectivity index is 1.80. The van der Waals surface area contributed by atoms with Gasteiger partial charge in [0.2, 0.25) is 0 Å². The number of hydrogen-bond donors (Lipinski definition) is 1. The standard InChI is InChI=1S/C23H31N3O3/c1-17-8-10-18(11-9-17)19(26-14-12-25(2)13-15-26)16-24-23(27)22-20(28-3)6-5-7-21(22)29-4/h5-11,19H,12-16H2,1-4H3,(H,24,27). The lowest BCUT2D eigenvalue weighted by atomic mass is 10.0. The average molecular weight is 398 g/mol. The van der Waals surface area contributed by atoms with Crippen molar-refractivity contribution in [3.8, 4) is 11.5 Å². The molecule has 1 heterocycles. The highest BCUT2D eigenvalue weighted by atomic mass is 16.5. The van der Waals surface area contributed by atoms with E-state index in [-0.39, 0.29) is 11.9 Å². The minimum atomic E-state index is -0.189. The third-order valence-corrected chi connectivity index (χ3v) is 5.55. The van der Waals surface area contributed by atoms with Gasteiger partial charge in [-0.1, -0.05) is 35.9 Å². The Morgan fingerprint density at radius 3 is 2.14 bits per heavy atom. The normalized spacial score (nSPS) is 16.3. The molecule has 6 nitrogen and oxygen atoms in total. The summed E-state index contributed by atoms with van der Waals surface area (Å²) in [5.74, 6) is 0.826. The highest BCUT2D eigenvalue weighted by molar-refractivity contribution is 5.99. The van der Waals surface area contributed by atoms with E-state index in [1.807, 2.05) is 6.07 Å². The van der Waals surface area contributed by atoms with Crippen LogP contribution in [0.1, 0.15) is 27.5 Å². The lowest BCUT2D eigenvalue weighted by molar-refractivity contribution is 0.0881. The number of carbonyl (C=O) groups is 1. The summed E-state index contributed by atoms with van der Waals surface area (Å²) in [4.78, 5) is 17.8. The second-order valence-corrected chi connectivity index (χ2v) is 7.51. The lowest BCUT2D eigenvalue weighted by Crippen LogP contribution is -2.48. The van der Waals surface area contributed by atoms with Gasteiger partial charge in [0, 0.05) is 32.7 Å². The van der Waals surface area contributed by atoms with Crippen LogP contribution < -0.4 is 14.8 Å². The van der Waals surface area contributed by atoms with E-state index in [2.05, 4.69) is 53.4 Å². The summed E-state index contributed by atoms with van der Waals surface area (Å²) in [6.45, 7) is 6.61. The number of piperazine rings is 1. The molecule has 1 saturated heterocycles. The summed E-state index contributed by atoms with van der Waals surface area (Å²) >= 11 is 0. The van der Waals surface area contributed by atoms with Crippen molar-refractivity contribution in [2.45, 2.75) is 13.0 Å². The van der Waals surface area contributed by atoms with Crippen LogP contribution in [0.2, 0.25) is 0 Å². The van der Waals surface area contributed by atoms with E-state index >= 15 is 0 Å². The van der Waals surface area contributed by atoms with Gasteiger partial charge in [0.15, 0.2) is 0 Å². The van der Waals surface area contributed by atoms with Gasteiger partial charge in [0.05, 0.1) is 20.3 Å². The maximum atomic E-state index is 13.0. The quantitative estimate of drug-likeness (QED) is 0.779. The molecule has 1 atom stereocenters. The van der Waals surface area contributed by atoms with E-state index in [0.29, 0.717) is 23.6 Å². The molecule has 0 bridgehead atoms. The Bertz CT molecular complexity index is 792. The molecule has 0 aliphatic carbocycles. The first kappa shape index (κ1) is 21.1. The Morgan fingerprint density at radius 1 is 1.00 bits per heavy atom.